The van der Waals surface area contributed by atoms with E-state index in [9.17, 15) is 13.2 Å². The maximum Gasteiger partial charge on any atom is 0.287 e. The third-order valence-electron chi connectivity index (χ3n) is 4.01. The fourth-order valence-electron chi connectivity index (χ4n) is 2.57. The molecule has 27 heavy (non-hydrogen) atoms. The number of furan rings is 1. The average molecular weight is 385 g/mol. The summed E-state index contributed by atoms with van der Waals surface area (Å²) in [6, 6.07) is 16.9. The zero-order valence-electron chi connectivity index (χ0n) is 14.7. The van der Waals surface area contributed by atoms with Gasteiger partial charge in [-0.05, 0) is 35.9 Å². The second kappa shape index (κ2) is 8.09. The van der Waals surface area contributed by atoms with Gasteiger partial charge in [0.2, 0.25) is 0 Å². The molecule has 0 radical (unpaired) electrons. The molecule has 0 aliphatic rings. The molecule has 1 aromatic heterocycles. The van der Waals surface area contributed by atoms with Gasteiger partial charge in [-0.1, -0.05) is 30.3 Å². The highest BCUT2D eigenvalue weighted by Gasteiger charge is 2.22. The maximum atomic E-state index is 12.5. The number of benzene rings is 2. The number of rotatable bonds is 7. The van der Waals surface area contributed by atoms with Gasteiger partial charge in [0.15, 0.2) is 15.6 Å². The lowest BCUT2D eigenvalue weighted by atomic mass is 10.2. The van der Waals surface area contributed by atoms with E-state index in [-0.39, 0.29) is 23.0 Å². The van der Waals surface area contributed by atoms with Crippen LogP contribution in [0.5, 0.6) is 5.75 Å². The molecule has 0 spiro atoms. The van der Waals surface area contributed by atoms with E-state index in [0.29, 0.717) is 5.56 Å². The second-order valence-corrected chi connectivity index (χ2v) is 7.87. The van der Waals surface area contributed by atoms with Gasteiger partial charge in [-0.2, -0.15) is 0 Å². The zero-order chi connectivity index (χ0) is 19.3. The summed E-state index contributed by atoms with van der Waals surface area (Å²) in [5, 5.41) is 2.74. The van der Waals surface area contributed by atoms with Crippen molar-refractivity contribution in [2.24, 2.45) is 0 Å². The molecular formula is C20H19NO5S. The van der Waals surface area contributed by atoms with E-state index < -0.39 is 15.7 Å². The van der Waals surface area contributed by atoms with Crippen molar-refractivity contribution in [3.8, 4) is 5.75 Å². The number of nitrogens with one attached hydrogen (secondary N) is 1. The van der Waals surface area contributed by atoms with Crippen molar-refractivity contribution in [2.75, 3.05) is 7.11 Å². The minimum Gasteiger partial charge on any atom is -0.497 e. The molecule has 2 aromatic carbocycles. The fraction of sp³-hybridized carbons (Fsp3) is 0.150. The minimum absolute atomic E-state index is 0.00279. The molecule has 0 atom stereocenters. The molecule has 3 rings (SSSR count). The Bertz CT molecular complexity index is 1010. The van der Waals surface area contributed by atoms with E-state index in [1.807, 2.05) is 12.1 Å². The SMILES string of the molecule is COc1ccc(CNC(=O)c2occc2CS(=O)(=O)c2ccccc2)cc1. The van der Waals surface area contributed by atoms with Crippen LogP contribution in [-0.2, 0) is 22.1 Å². The van der Waals surface area contributed by atoms with Crippen molar-refractivity contribution in [1.29, 1.82) is 0 Å². The van der Waals surface area contributed by atoms with Crippen LogP contribution in [0, 0.1) is 0 Å². The van der Waals surface area contributed by atoms with Crippen molar-refractivity contribution in [2.45, 2.75) is 17.2 Å². The lowest BCUT2D eigenvalue weighted by Gasteiger charge is -2.07. The summed E-state index contributed by atoms with van der Waals surface area (Å²) in [7, 11) is -1.99. The predicted molar refractivity (Wildman–Crippen MR) is 100 cm³/mol. The Labute approximate surface area is 157 Å². The molecule has 7 heteroatoms. The largest absolute Gasteiger partial charge is 0.497 e. The first kappa shape index (κ1) is 18.7. The highest BCUT2D eigenvalue weighted by Crippen LogP contribution is 2.20. The Morgan fingerprint density at radius 3 is 2.41 bits per heavy atom. The van der Waals surface area contributed by atoms with Gasteiger partial charge in [-0.15, -0.1) is 0 Å². The third kappa shape index (κ3) is 4.57. The normalized spacial score (nSPS) is 11.1. The molecule has 0 aliphatic heterocycles. The Kier molecular flexibility index (Phi) is 5.61. The monoisotopic (exact) mass is 385 g/mol. The van der Waals surface area contributed by atoms with Gasteiger partial charge in [-0.3, -0.25) is 4.79 Å². The number of hydrogen-bond donors (Lipinski definition) is 1. The van der Waals surface area contributed by atoms with E-state index >= 15 is 0 Å². The Morgan fingerprint density at radius 1 is 1.04 bits per heavy atom. The van der Waals surface area contributed by atoms with E-state index in [4.69, 9.17) is 9.15 Å². The Hall–Kier alpha value is -3.06. The van der Waals surface area contributed by atoms with E-state index in [1.54, 1.807) is 37.4 Å². The van der Waals surface area contributed by atoms with Crippen molar-refractivity contribution >= 4 is 15.7 Å². The molecular weight excluding hydrogens is 366 g/mol. The van der Waals surface area contributed by atoms with Crippen LogP contribution in [0.15, 0.2) is 76.2 Å². The first-order chi connectivity index (χ1) is 13.0. The summed E-state index contributed by atoms with van der Waals surface area (Å²) >= 11 is 0. The van der Waals surface area contributed by atoms with Gasteiger partial charge < -0.3 is 14.5 Å². The quantitative estimate of drug-likeness (QED) is 0.675. The molecule has 0 saturated carbocycles. The van der Waals surface area contributed by atoms with Crippen molar-refractivity contribution in [3.63, 3.8) is 0 Å². The van der Waals surface area contributed by atoms with Crippen molar-refractivity contribution < 1.29 is 22.4 Å². The van der Waals surface area contributed by atoms with Gasteiger partial charge >= 0.3 is 0 Å². The van der Waals surface area contributed by atoms with Crippen LogP contribution < -0.4 is 10.1 Å². The van der Waals surface area contributed by atoms with Crippen LogP contribution in [-0.4, -0.2) is 21.4 Å². The molecule has 0 aliphatic carbocycles. The first-order valence-corrected chi connectivity index (χ1v) is 9.90. The standard InChI is InChI=1S/C20H19NO5S/c1-25-17-9-7-15(8-10-17)13-21-20(22)19-16(11-12-26-19)14-27(23,24)18-5-3-2-4-6-18/h2-12H,13-14H2,1H3,(H,21,22). The predicted octanol–water partition coefficient (Wildman–Crippen LogP) is 3.19. The Balaban J connectivity index is 1.69. The smallest absolute Gasteiger partial charge is 0.287 e. The minimum atomic E-state index is -3.57. The van der Waals surface area contributed by atoms with Gasteiger partial charge in [0, 0.05) is 12.1 Å². The summed E-state index contributed by atoms with van der Waals surface area (Å²) in [5.74, 6) is -0.0414. The summed E-state index contributed by atoms with van der Waals surface area (Å²) in [6.07, 6.45) is 1.32. The highest BCUT2D eigenvalue weighted by molar-refractivity contribution is 7.90. The van der Waals surface area contributed by atoms with Crippen LogP contribution in [0.3, 0.4) is 0 Å². The Morgan fingerprint density at radius 2 is 1.74 bits per heavy atom. The third-order valence-corrected chi connectivity index (χ3v) is 5.69. The molecule has 0 fully saturated rings. The molecule has 1 N–H and O–H groups in total. The maximum absolute atomic E-state index is 12.5. The number of amides is 1. The van der Waals surface area contributed by atoms with Crippen LogP contribution >= 0.6 is 0 Å². The lowest BCUT2D eigenvalue weighted by Crippen LogP contribution is -2.23. The number of hydrogen-bond acceptors (Lipinski definition) is 5. The van der Waals surface area contributed by atoms with Crippen molar-refractivity contribution in [3.05, 3.63) is 83.8 Å². The first-order valence-electron chi connectivity index (χ1n) is 8.25. The van der Waals surface area contributed by atoms with E-state index in [0.717, 1.165) is 11.3 Å². The molecule has 3 aromatic rings. The molecule has 6 nitrogen and oxygen atoms in total. The number of carbonyl (C=O) groups is 1. The van der Waals surface area contributed by atoms with Gasteiger partial charge in [0.05, 0.1) is 24.0 Å². The van der Waals surface area contributed by atoms with E-state index in [1.165, 1.54) is 24.5 Å². The second-order valence-electron chi connectivity index (χ2n) is 5.88. The number of ether oxygens (including phenoxy) is 1. The topological polar surface area (TPSA) is 85.6 Å². The van der Waals surface area contributed by atoms with Crippen LogP contribution in [0.1, 0.15) is 21.7 Å². The number of sulfone groups is 1. The van der Waals surface area contributed by atoms with E-state index in [2.05, 4.69) is 5.32 Å². The van der Waals surface area contributed by atoms with Gasteiger partial charge in [0.1, 0.15) is 5.75 Å². The van der Waals surface area contributed by atoms with Gasteiger partial charge in [0.25, 0.3) is 5.91 Å². The molecule has 140 valence electrons. The van der Waals surface area contributed by atoms with Crippen LogP contribution in [0.2, 0.25) is 0 Å². The number of methoxy groups -OCH3 is 1. The summed E-state index contributed by atoms with van der Waals surface area (Å²) in [5.41, 5.74) is 1.21. The molecule has 1 amide bonds. The molecule has 0 unspecified atom stereocenters. The van der Waals surface area contributed by atoms with Gasteiger partial charge in [-0.25, -0.2) is 8.42 Å². The molecule has 0 bridgehead atoms. The van der Waals surface area contributed by atoms with Crippen LogP contribution in [0.4, 0.5) is 0 Å². The van der Waals surface area contributed by atoms with Crippen LogP contribution in [0.25, 0.3) is 0 Å². The zero-order valence-corrected chi connectivity index (χ0v) is 15.5. The fourth-order valence-corrected chi connectivity index (χ4v) is 3.95. The lowest BCUT2D eigenvalue weighted by molar-refractivity contribution is 0.0922. The summed E-state index contributed by atoms with van der Waals surface area (Å²) in [4.78, 5) is 12.6. The summed E-state index contributed by atoms with van der Waals surface area (Å²) < 4.78 is 35.4. The average Bonchev–Trinajstić information content (AvgIpc) is 3.14. The highest BCUT2D eigenvalue weighted by atomic mass is 32.2. The molecule has 1 heterocycles. The number of carbonyl (C=O) groups excluding carboxylic acids is 1. The van der Waals surface area contributed by atoms with Crippen molar-refractivity contribution in [1.82, 2.24) is 5.32 Å². The summed E-state index contributed by atoms with van der Waals surface area (Å²) in [6.45, 7) is 0.286. The molecule has 0 saturated heterocycles.